The van der Waals surface area contributed by atoms with Gasteiger partial charge in [-0.05, 0) is 10.4 Å². The Balaban J connectivity index is 1.94. The number of fused-ring (bicyclic) bond motifs is 1. The minimum absolute atomic E-state index is 0.0390. The molecule has 1 unspecified atom stereocenters. The first-order valence-electron chi connectivity index (χ1n) is 5.33. The van der Waals surface area contributed by atoms with Crippen LogP contribution in [0.1, 0.15) is 0 Å². The molecule has 0 amide bonds. The molecule has 0 N–H and O–H groups in total. The van der Waals surface area contributed by atoms with E-state index in [4.69, 9.17) is 16.3 Å². The summed E-state index contributed by atoms with van der Waals surface area (Å²) in [5, 5.41) is 11.4. The van der Waals surface area contributed by atoms with Crippen molar-refractivity contribution in [1.29, 1.82) is 0 Å². The van der Waals surface area contributed by atoms with E-state index in [1.807, 2.05) is 0 Å². The van der Waals surface area contributed by atoms with E-state index >= 15 is 0 Å². The minimum atomic E-state index is 0.0390. The Morgan fingerprint density at radius 1 is 1.47 bits per heavy atom. The lowest BCUT2D eigenvalue weighted by Crippen LogP contribution is -2.44. The summed E-state index contributed by atoms with van der Waals surface area (Å²) in [5.41, 5.74) is 0.636. The van der Waals surface area contributed by atoms with Gasteiger partial charge in [0.05, 0.1) is 31.0 Å². The van der Waals surface area contributed by atoms with Crippen molar-refractivity contribution in [2.45, 2.75) is 6.10 Å². The number of hydrogen-bond donors (Lipinski definition) is 0. The molecule has 2 aromatic rings. The summed E-state index contributed by atoms with van der Waals surface area (Å²) in [6, 6.07) is 0. The van der Waals surface area contributed by atoms with Crippen LogP contribution in [0, 0.1) is 0 Å². The number of morpholine rings is 1. The molecular weight excluding hydrogens is 244 g/mol. The first-order valence-corrected chi connectivity index (χ1v) is 5.86. The highest BCUT2D eigenvalue weighted by molar-refractivity contribution is 6.18. The van der Waals surface area contributed by atoms with Gasteiger partial charge in [-0.25, -0.2) is 0 Å². The molecule has 1 fully saturated rings. The fraction of sp³-hybridized carbons (Fsp3) is 0.556. The molecule has 8 heteroatoms. The van der Waals surface area contributed by atoms with Gasteiger partial charge in [-0.3, -0.25) is 4.98 Å². The van der Waals surface area contributed by atoms with Crippen molar-refractivity contribution in [3.8, 4) is 0 Å². The quantitative estimate of drug-likeness (QED) is 0.701. The van der Waals surface area contributed by atoms with Crippen LogP contribution in [0.15, 0.2) is 12.4 Å². The van der Waals surface area contributed by atoms with E-state index in [1.165, 1.54) is 0 Å². The highest BCUT2D eigenvalue weighted by Crippen LogP contribution is 2.17. The van der Waals surface area contributed by atoms with Gasteiger partial charge in [0.25, 0.3) is 0 Å². The highest BCUT2D eigenvalue weighted by Gasteiger charge is 2.22. The van der Waals surface area contributed by atoms with Crippen LogP contribution in [0.5, 0.6) is 0 Å². The molecule has 1 saturated heterocycles. The van der Waals surface area contributed by atoms with Crippen LogP contribution < -0.4 is 4.90 Å². The van der Waals surface area contributed by atoms with Gasteiger partial charge in [0.2, 0.25) is 0 Å². The molecule has 0 aromatic carbocycles. The lowest BCUT2D eigenvalue weighted by molar-refractivity contribution is 0.0550. The van der Waals surface area contributed by atoms with Crippen LogP contribution in [0.25, 0.3) is 5.65 Å². The number of aromatic nitrogens is 5. The molecule has 3 heterocycles. The van der Waals surface area contributed by atoms with Crippen molar-refractivity contribution in [3.63, 3.8) is 0 Å². The number of anilines is 1. The number of ether oxygens (including phenoxy) is 1. The van der Waals surface area contributed by atoms with Crippen molar-refractivity contribution in [1.82, 2.24) is 25.0 Å². The molecule has 0 spiro atoms. The van der Waals surface area contributed by atoms with E-state index in [0.717, 1.165) is 18.9 Å². The largest absolute Gasteiger partial charge is 0.373 e. The van der Waals surface area contributed by atoms with E-state index in [1.54, 1.807) is 16.9 Å². The van der Waals surface area contributed by atoms with Gasteiger partial charge in [-0.1, -0.05) is 0 Å². The number of alkyl halides is 1. The van der Waals surface area contributed by atoms with Gasteiger partial charge in [0.15, 0.2) is 11.5 Å². The average molecular weight is 255 g/mol. The Morgan fingerprint density at radius 3 is 3.29 bits per heavy atom. The number of rotatable bonds is 2. The number of tetrazole rings is 1. The van der Waals surface area contributed by atoms with Gasteiger partial charge in [0, 0.05) is 13.1 Å². The maximum absolute atomic E-state index is 5.82. The average Bonchev–Trinajstić information content (AvgIpc) is 2.87. The second-order valence-electron chi connectivity index (χ2n) is 3.81. The van der Waals surface area contributed by atoms with Crippen LogP contribution in [0.4, 0.5) is 5.82 Å². The van der Waals surface area contributed by atoms with Crippen molar-refractivity contribution in [2.75, 3.05) is 30.5 Å². The highest BCUT2D eigenvalue weighted by atomic mass is 35.5. The fourth-order valence-corrected chi connectivity index (χ4v) is 2.09. The number of hydrogen-bond acceptors (Lipinski definition) is 6. The molecule has 0 radical (unpaired) electrons. The zero-order chi connectivity index (χ0) is 11.7. The molecule has 2 aromatic heterocycles. The smallest absolute Gasteiger partial charge is 0.199 e. The summed E-state index contributed by atoms with van der Waals surface area (Å²) in [6.07, 6.45) is 3.42. The molecule has 3 rings (SSSR count). The molecule has 0 bridgehead atoms. The van der Waals surface area contributed by atoms with Crippen molar-refractivity contribution >= 4 is 23.1 Å². The summed E-state index contributed by atoms with van der Waals surface area (Å²) in [6.45, 7) is 2.16. The topological polar surface area (TPSA) is 68.4 Å². The SMILES string of the molecule is ClCC1CN(c2cncc3nnnn23)CCO1. The fourth-order valence-electron chi connectivity index (χ4n) is 1.90. The van der Waals surface area contributed by atoms with Crippen molar-refractivity contribution in [2.24, 2.45) is 0 Å². The molecular formula is C9H11ClN6O. The third kappa shape index (κ3) is 1.91. The summed E-state index contributed by atoms with van der Waals surface area (Å²) in [4.78, 5) is 6.26. The van der Waals surface area contributed by atoms with E-state index in [2.05, 4.69) is 25.4 Å². The third-order valence-corrected chi connectivity index (χ3v) is 3.07. The molecule has 1 aliphatic heterocycles. The predicted octanol–water partition coefficient (Wildman–Crippen LogP) is -0.0367. The Bertz CT molecular complexity index is 517. The van der Waals surface area contributed by atoms with E-state index < -0.39 is 0 Å². The molecule has 90 valence electrons. The molecule has 7 nitrogen and oxygen atoms in total. The number of nitrogens with zero attached hydrogens (tertiary/aromatic N) is 6. The maximum Gasteiger partial charge on any atom is 0.199 e. The molecule has 1 atom stereocenters. The monoisotopic (exact) mass is 254 g/mol. The van der Waals surface area contributed by atoms with Crippen LogP contribution in [-0.4, -0.2) is 56.7 Å². The zero-order valence-corrected chi connectivity index (χ0v) is 9.79. The van der Waals surface area contributed by atoms with Gasteiger partial charge >= 0.3 is 0 Å². The molecule has 1 aliphatic rings. The molecule has 0 aliphatic carbocycles. The minimum Gasteiger partial charge on any atom is -0.373 e. The summed E-state index contributed by atoms with van der Waals surface area (Å²) < 4.78 is 7.19. The number of halogens is 1. The Labute approximate surface area is 102 Å². The van der Waals surface area contributed by atoms with Crippen molar-refractivity contribution in [3.05, 3.63) is 12.4 Å². The second-order valence-corrected chi connectivity index (χ2v) is 4.12. The third-order valence-electron chi connectivity index (χ3n) is 2.73. The van der Waals surface area contributed by atoms with Gasteiger partial charge in [-0.2, -0.15) is 4.52 Å². The van der Waals surface area contributed by atoms with Crippen LogP contribution >= 0.6 is 11.6 Å². The summed E-state index contributed by atoms with van der Waals surface area (Å²) in [5.74, 6) is 1.35. The lowest BCUT2D eigenvalue weighted by atomic mass is 10.3. The van der Waals surface area contributed by atoms with Gasteiger partial charge in [0.1, 0.15) is 0 Å². The standard InChI is InChI=1S/C9H11ClN6O/c10-3-7-6-15(1-2-17-7)9-5-11-4-8-12-13-14-16(8)9/h4-5,7H,1-3,6H2. The van der Waals surface area contributed by atoms with Crippen LogP contribution in [-0.2, 0) is 4.74 Å². The predicted molar refractivity (Wildman–Crippen MR) is 61.3 cm³/mol. The Morgan fingerprint density at radius 2 is 2.41 bits per heavy atom. The zero-order valence-electron chi connectivity index (χ0n) is 9.03. The normalized spacial score (nSPS) is 21.0. The van der Waals surface area contributed by atoms with Crippen LogP contribution in [0.2, 0.25) is 0 Å². The lowest BCUT2D eigenvalue weighted by Gasteiger charge is -2.33. The second kappa shape index (κ2) is 4.42. The van der Waals surface area contributed by atoms with Gasteiger partial charge < -0.3 is 9.64 Å². The maximum atomic E-state index is 5.82. The summed E-state index contributed by atoms with van der Waals surface area (Å²) in [7, 11) is 0. The first-order chi connectivity index (χ1) is 8.38. The van der Waals surface area contributed by atoms with Crippen molar-refractivity contribution < 1.29 is 4.74 Å². The van der Waals surface area contributed by atoms with Gasteiger partial charge in [-0.15, -0.1) is 16.7 Å². The van der Waals surface area contributed by atoms with E-state index in [-0.39, 0.29) is 6.10 Å². The molecule has 0 saturated carbocycles. The first kappa shape index (κ1) is 10.7. The van der Waals surface area contributed by atoms with E-state index in [0.29, 0.717) is 18.1 Å². The summed E-state index contributed by atoms with van der Waals surface area (Å²) >= 11 is 5.82. The molecule has 17 heavy (non-hydrogen) atoms. The Kier molecular flexibility index (Phi) is 2.77. The van der Waals surface area contributed by atoms with Crippen LogP contribution in [0.3, 0.4) is 0 Å². The van der Waals surface area contributed by atoms with E-state index in [9.17, 15) is 0 Å². The Hall–Kier alpha value is -1.47.